The molecule has 1 aliphatic rings. The van der Waals surface area contributed by atoms with E-state index in [0.29, 0.717) is 17.3 Å². The van der Waals surface area contributed by atoms with Crippen molar-refractivity contribution in [3.05, 3.63) is 52.0 Å². The van der Waals surface area contributed by atoms with Gasteiger partial charge in [-0.1, -0.05) is 29.8 Å². The number of hydrogen-bond acceptors (Lipinski definition) is 3. The molecule has 0 saturated carbocycles. The van der Waals surface area contributed by atoms with E-state index in [1.165, 1.54) is 12.0 Å². The van der Waals surface area contributed by atoms with Gasteiger partial charge < -0.3 is 5.32 Å². The van der Waals surface area contributed by atoms with E-state index < -0.39 is 0 Å². The first-order chi connectivity index (χ1) is 10.3. The predicted molar refractivity (Wildman–Crippen MR) is 81.2 cm³/mol. The summed E-state index contributed by atoms with van der Waals surface area (Å²) in [5.41, 5.74) is 1.40. The van der Waals surface area contributed by atoms with Gasteiger partial charge in [-0.05, 0) is 31.7 Å². The molecule has 0 unspecified atom stereocenters. The minimum absolute atomic E-state index is 0.249. The Bertz CT molecular complexity index is 761. The third-order valence-corrected chi connectivity index (χ3v) is 3.78. The van der Waals surface area contributed by atoms with Gasteiger partial charge >= 0.3 is 0 Å². The molecule has 0 aliphatic heterocycles. The Morgan fingerprint density at radius 2 is 2.10 bits per heavy atom. The van der Waals surface area contributed by atoms with Gasteiger partial charge in [0.1, 0.15) is 0 Å². The van der Waals surface area contributed by atoms with E-state index in [1.54, 1.807) is 24.3 Å². The van der Waals surface area contributed by atoms with E-state index >= 15 is 0 Å². The van der Waals surface area contributed by atoms with Crippen LogP contribution in [-0.2, 0) is 0 Å². The fraction of sp³-hybridized carbons (Fsp3) is 0.312. The first kappa shape index (κ1) is 13.5. The van der Waals surface area contributed by atoms with Crippen LogP contribution in [0.15, 0.2) is 40.7 Å². The lowest BCUT2D eigenvalue weighted by atomic mass is 10.1. The van der Waals surface area contributed by atoms with Gasteiger partial charge in [-0.15, -0.1) is 0 Å². The molecule has 0 fully saturated rings. The van der Waals surface area contributed by atoms with E-state index in [0.717, 1.165) is 19.3 Å². The predicted octanol–water partition coefficient (Wildman–Crippen LogP) is 2.15. The highest BCUT2D eigenvalue weighted by Gasteiger charge is 2.13. The number of nitrogens with zero attached hydrogens (tertiary/aromatic N) is 1. The fourth-order valence-electron chi connectivity index (χ4n) is 2.67. The van der Waals surface area contributed by atoms with Gasteiger partial charge in [0, 0.05) is 11.9 Å². The SMILES string of the molecule is O=C(NCCC1=CCCC1)c1n[nH]c(=O)c2ccccc12. The number of amides is 1. The Balaban J connectivity index is 1.75. The first-order valence-electron chi connectivity index (χ1n) is 7.19. The van der Waals surface area contributed by atoms with Crippen LogP contribution in [0.2, 0.25) is 0 Å². The smallest absolute Gasteiger partial charge is 0.272 e. The van der Waals surface area contributed by atoms with Crippen LogP contribution >= 0.6 is 0 Å². The summed E-state index contributed by atoms with van der Waals surface area (Å²) in [5, 5.41) is 10.2. The molecule has 108 valence electrons. The normalized spacial score (nSPS) is 14.2. The summed E-state index contributed by atoms with van der Waals surface area (Å²) in [4.78, 5) is 23.9. The van der Waals surface area contributed by atoms with Crippen molar-refractivity contribution in [2.45, 2.75) is 25.7 Å². The Morgan fingerprint density at radius 3 is 2.86 bits per heavy atom. The molecule has 0 radical (unpaired) electrons. The lowest BCUT2D eigenvalue weighted by Crippen LogP contribution is -2.27. The third-order valence-electron chi connectivity index (χ3n) is 3.78. The molecule has 0 bridgehead atoms. The zero-order chi connectivity index (χ0) is 14.7. The molecule has 1 heterocycles. The van der Waals surface area contributed by atoms with Crippen LogP contribution in [0.5, 0.6) is 0 Å². The Hall–Kier alpha value is -2.43. The van der Waals surface area contributed by atoms with Crippen molar-refractivity contribution in [3.8, 4) is 0 Å². The van der Waals surface area contributed by atoms with Crippen LogP contribution in [0.4, 0.5) is 0 Å². The monoisotopic (exact) mass is 283 g/mol. The number of aromatic nitrogens is 2. The van der Waals surface area contributed by atoms with Gasteiger partial charge in [0.25, 0.3) is 11.5 Å². The molecule has 2 N–H and O–H groups in total. The fourth-order valence-corrected chi connectivity index (χ4v) is 2.67. The maximum atomic E-state index is 12.2. The highest BCUT2D eigenvalue weighted by molar-refractivity contribution is 6.04. The first-order valence-corrected chi connectivity index (χ1v) is 7.19. The standard InChI is InChI=1S/C16H17N3O2/c20-15-13-8-4-3-7-12(13)14(18-19-15)16(21)17-10-9-11-5-1-2-6-11/h3-5,7-8H,1-2,6,9-10H2,(H,17,21)(H,19,20). The van der Waals surface area contributed by atoms with Gasteiger partial charge in [0.2, 0.25) is 0 Å². The van der Waals surface area contributed by atoms with E-state index in [9.17, 15) is 9.59 Å². The summed E-state index contributed by atoms with van der Waals surface area (Å²) in [6, 6.07) is 7.00. The van der Waals surface area contributed by atoms with Crippen molar-refractivity contribution in [3.63, 3.8) is 0 Å². The van der Waals surface area contributed by atoms with E-state index in [2.05, 4.69) is 21.6 Å². The molecular weight excluding hydrogens is 266 g/mol. The van der Waals surface area contributed by atoms with Crippen LogP contribution in [0, 0.1) is 0 Å². The van der Waals surface area contributed by atoms with Crippen LogP contribution in [-0.4, -0.2) is 22.6 Å². The van der Waals surface area contributed by atoms with Gasteiger partial charge in [-0.2, -0.15) is 5.10 Å². The number of H-pyrrole nitrogens is 1. The minimum Gasteiger partial charge on any atom is -0.350 e. The molecule has 5 nitrogen and oxygen atoms in total. The van der Waals surface area contributed by atoms with Crippen LogP contribution in [0.3, 0.4) is 0 Å². The summed E-state index contributed by atoms with van der Waals surface area (Å²) < 4.78 is 0. The van der Waals surface area contributed by atoms with Gasteiger partial charge in [-0.25, -0.2) is 5.10 Å². The highest BCUT2D eigenvalue weighted by Crippen LogP contribution is 2.19. The number of hydrogen-bond donors (Lipinski definition) is 2. The molecule has 0 atom stereocenters. The molecule has 21 heavy (non-hydrogen) atoms. The molecule has 0 saturated heterocycles. The number of carbonyl (C=O) groups excluding carboxylic acids is 1. The quantitative estimate of drug-likeness (QED) is 0.844. The van der Waals surface area contributed by atoms with Crippen LogP contribution in [0.25, 0.3) is 10.8 Å². The van der Waals surface area contributed by atoms with Gasteiger partial charge in [-0.3, -0.25) is 9.59 Å². The lowest BCUT2D eigenvalue weighted by Gasteiger charge is -2.07. The number of nitrogens with one attached hydrogen (secondary N) is 2. The zero-order valence-corrected chi connectivity index (χ0v) is 11.7. The molecule has 1 amide bonds. The Kier molecular flexibility index (Phi) is 3.81. The maximum Gasteiger partial charge on any atom is 0.272 e. The number of aromatic amines is 1. The average molecular weight is 283 g/mol. The van der Waals surface area contributed by atoms with Crippen LogP contribution in [0.1, 0.15) is 36.2 Å². The summed E-state index contributed by atoms with van der Waals surface area (Å²) in [7, 11) is 0. The van der Waals surface area contributed by atoms with Crippen LogP contribution < -0.4 is 10.9 Å². The maximum absolute atomic E-state index is 12.2. The van der Waals surface area contributed by atoms with Crippen molar-refractivity contribution in [2.24, 2.45) is 0 Å². The number of benzene rings is 1. The average Bonchev–Trinajstić information content (AvgIpc) is 3.01. The third kappa shape index (κ3) is 2.86. The van der Waals surface area contributed by atoms with Crippen molar-refractivity contribution < 1.29 is 4.79 Å². The second-order valence-electron chi connectivity index (χ2n) is 5.21. The molecule has 5 heteroatoms. The minimum atomic E-state index is -0.279. The summed E-state index contributed by atoms with van der Waals surface area (Å²) in [6.07, 6.45) is 6.63. The Labute approximate surface area is 122 Å². The number of fused-ring (bicyclic) bond motifs is 1. The molecule has 1 aromatic carbocycles. The second-order valence-corrected chi connectivity index (χ2v) is 5.21. The number of allylic oxidation sites excluding steroid dienone is 1. The summed E-state index contributed by atoms with van der Waals surface area (Å²) in [5.74, 6) is -0.249. The molecule has 0 spiro atoms. The van der Waals surface area contributed by atoms with Crippen molar-refractivity contribution in [2.75, 3.05) is 6.54 Å². The molecule has 2 aromatic rings. The lowest BCUT2D eigenvalue weighted by molar-refractivity contribution is 0.0950. The topological polar surface area (TPSA) is 74.8 Å². The van der Waals surface area contributed by atoms with Crippen molar-refractivity contribution >= 4 is 16.7 Å². The van der Waals surface area contributed by atoms with E-state index in [1.807, 2.05) is 0 Å². The van der Waals surface area contributed by atoms with Crippen molar-refractivity contribution in [1.29, 1.82) is 0 Å². The van der Waals surface area contributed by atoms with E-state index in [-0.39, 0.29) is 17.2 Å². The van der Waals surface area contributed by atoms with Crippen molar-refractivity contribution in [1.82, 2.24) is 15.5 Å². The second kappa shape index (κ2) is 5.91. The molecule has 1 aromatic heterocycles. The van der Waals surface area contributed by atoms with E-state index in [4.69, 9.17) is 0 Å². The largest absolute Gasteiger partial charge is 0.350 e. The highest BCUT2D eigenvalue weighted by atomic mass is 16.2. The summed E-state index contributed by atoms with van der Waals surface area (Å²) >= 11 is 0. The summed E-state index contributed by atoms with van der Waals surface area (Å²) in [6.45, 7) is 0.597. The molecule has 1 aliphatic carbocycles. The van der Waals surface area contributed by atoms with Gasteiger partial charge in [0.05, 0.1) is 5.39 Å². The molecular formula is C16H17N3O2. The Morgan fingerprint density at radius 1 is 1.29 bits per heavy atom. The number of rotatable bonds is 4. The van der Waals surface area contributed by atoms with Gasteiger partial charge in [0.15, 0.2) is 5.69 Å². The molecule has 3 rings (SSSR count). The number of carbonyl (C=O) groups is 1. The zero-order valence-electron chi connectivity index (χ0n) is 11.7.